The summed E-state index contributed by atoms with van der Waals surface area (Å²) in [5, 5.41) is 3.54. The molecule has 0 bridgehead atoms. The summed E-state index contributed by atoms with van der Waals surface area (Å²) in [5.41, 5.74) is 1.69. The molecule has 5 nitrogen and oxygen atoms in total. The van der Waals surface area contributed by atoms with Gasteiger partial charge in [0, 0.05) is 35.9 Å². The van der Waals surface area contributed by atoms with E-state index in [0.717, 1.165) is 10.9 Å². The topological polar surface area (TPSA) is 74.8 Å². The number of carbonyl (C=O) groups excluding carboxylic acids is 1. The van der Waals surface area contributed by atoms with Gasteiger partial charge in [-0.1, -0.05) is 18.2 Å². The van der Waals surface area contributed by atoms with Crippen LogP contribution < -0.4 is 10.9 Å². The minimum atomic E-state index is -0.289. The first-order chi connectivity index (χ1) is 10.2. The van der Waals surface area contributed by atoms with Crippen LogP contribution in [-0.4, -0.2) is 15.9 Å². The molecule has 0 spiro atoms. The zero-order valence-corrected chi connectivity index (χ0v) is 11.2. The van der Waals surface area contributed by atoms with Gasteiger partial charge in [-0.2, -0.15) is 0 Å². The summed E-state index contributed by atoms with van der Waals surface area (Å²) in [4.78, 5) is 30.6. The Balaban J connectivity index is 1.89. The molecule has 2 N–H and O–H groups in total. The molecule has 0 saturated carbocycles. The van der Waals surface area contributed by atoms with E-state index in [1.807, 2.05) is 30.3 Å². The molecule has 0 aliphatic carbocycles. The molecule has 3 rings (SSSR count). The molecule has 0 fully saturated rings. The molecule has 0 aliphatic heterocycles. The summed E-state index contributed by atoms with van der Waals surface area (Å²) < 4.78 is 0. The van der Waals surface area contributed by atoms with Crippen LogP contribution in [0.25, 0.3) is 10.9 Å². The molecule has 104 valence electrons. The van der Waals surface area contributed by atoms with Gasteiger partial charge in [0.25, 0.3) is 5.91 Å². The number of H-pyrrole nitrogens is 1. The van der Waals surface area contributed by atoms with Crippen LogP contribution in [0.1, 0.15) is 15.9 Å². The highest BCUT2D eigenvalue weighted by molar-refractivity contribution is 6.05. The minimum absolute atomic E-state index is 0.269. The van der Waals surface area contributed by atoms with Crippen LogP contribution in [0.4, 0.5) is 0 Å². The van der Waals surface area contributed by atoms with Gasteiger partial charge in [-0.25, -0.2) is 0 Å². The molecule has 1 amide bonds. The van der Waals surface area contributed by atoms with E-state index in [9.17, 15) is 9.59 Å². The average molecular weight is 279 g/mol. The SMILES string of the molecule is O=C(NCc1ccncc1)c1cc(=O)[nH]c2ccccc12. The van der Waals surface area contributed by atoms with E-state index in [1.54, 1.807) is 18.5 Å². The van der Waals surface area contributed by atoms with Crippen LogP contribution in [0.15, 0.2) is 59.7 Å². The van der Waals surface area contributed by atoms with Gasteiger partial charge >= 0.3 is 0 Å². The molecule has 0 saturated heterocycles. The molecule has 0 aliphatic rings. The summed E-state index contributed by atoms with van der Waals surface area (Å²) in [6.07, 6.45) is 3.34. The average Bonchev–Trinajstić information content (AvgIpc) is 2.52. The lowest BCUT2D eigenvalue weighted by atomic mass is 10.1. The second-order valence-electron chi connectivity index (χ2n) is 4.63. The summed E-state index contributed by atoms with van der Waals surface area (Å²) in [5.74, 6) is -0.269. The van der Waals surface area contributed by atoms with Crippen LogP contribution >= 0.6 is 0 Å². The van der Waals surface area contributed by atoms with Gasteiger partial charge in [0.05, 0.1) is 5.56 Å². The molecule has 3 aromatic rings. The minimum Gasteiger partial charge on any atom is -0.348 e. The lowest BCUT2D eigenvalue weighted by Crippen LogP contribution is -2.24. The fraction of sp³-hybridized carbons (Fsp3) is 0.0625. The Kier molecular flexibility index (Phi) is 3.47. The van der Waals surface area contributed by atoms with Crippen molar-refractivity contribution in [2.75, 3.05) is 0 Å². The van der Waals surface area contributed by atoms with Crippen LogP contribution in [-0.2, 0) is 6.54 Å². The maximum absolute atomic E-state index is 12.3. The normalized spacial score (nSPS) is 10.5. The number of nitrogens with one attached hydrogen (secondary N) is 2. The second-order valence-corrected chi connectivity index (χ2v) is 4.63. The highest BCUT2D eigenvalue weighted by Crippen LogP contribution is 2.14. The third-order valence-electron chi connectivity index (χ3n) is 3.20. The van der Waals surface area contributed by atoms with E-state index < -0.39 is 0 Å². The van der Waals surface area contributed by atoms with Crippen molar-refractivity contribution in [1.82, 2.24) is 15.3 Å². The lowest BCUT2D eigenvalue weighted by Gasteiger charge is -2.07. The number of nitrogens with zero attached hydrogens (tertiary/aromatic N) is 1. The fourth-order valence-electron chi connectivity index (χ4n) is 2.17. The number of carbonyl (C=O) groups is 1. The smallest absolute Gasteiger partial charge is 0.252 e. The molecule has 2 heterocycles. The first-order valence-corrected chi connectivity index (χ1v) is 6.53. The zero-order valence-electron chi connectivity index (χ0n) is 11.2. The van der Waals surface area contributed by atoms with Crippen LogP contribution in [0, 0.1) is 0 Å². The van der Waals surface area contributed by atoms with Crippen molar-refractivity contribution in [3.63, 3.8) is 0 Å². The van der Waals surface area contributed by atoms with Crippen LogP contribution in [0.3, 0.4) is 0 Å². The molecular weight excluding hydrogens is 266 g/mol. The van der Waals surface area contributed by atoms with Crippen molar-refractivity contribution in [1.29, 1.82) is 0 Å². The van der Waals surface area contributed by atoms with E-state index in [1.165, 1.54) is 6.07 Å². The molecule has 0 atom stereocenters. The summed E-state index contributed by atoms with van der Waals surface area (Å²) in [6, 6.07) is 12.2. The van der Waals surface area contributed by atoms with Crippen molar-refractivity contribution in [3.8, 4) is 0 Å². The quantitative estimate of drug-likeness (QED) is 0.768. The Hall–Kier alpha value is -2.95. The van der Waals surface area contributed by atoms with E-state index in [4.69, 9.17) is 0 Å². The number of hydrogen-bond acceptors (Lipinski definition) is 3. The third kappa shape index (κ3) is 2.81. The maximum Gasteiger partial charge on any atom is 0.252 e. The Morgan fingerprint density at radius 2 is 1.90 bits per heavy atom. The van der Waals surface area contributed by atoms with Gasteiger partial charge in [-0.05, 0) is 23.8 Å². The van der Waals surface area contributed by atoms with Crippen molar-refractivity contribution in [2.24, 2.45) is 0 Å². The Bertz CT molecular complexity index is 841. The summed E-state index contributed by atoms with van der Waals surface area (Å²) in [7, 11) is 0. The van der Waals surface area contributed by atoms with Gasteiger partial charge in [-0.15, -0.1) is 0 Å². The third-order valence-corrected chi connectivity index (χ3v) is 3.20. The van der Waals surface area contributed by atoms with Crippen molar-refractivity contribution >= 4 is 16.8 Å². The van der Waals surface area contributed by atoms with E-state index in [0.29, 0.717) is 17.6 Å². The Labute approximate surface area is 120 Å². The molecule has 0 unspecified atom stereocenters. The first kappa shape index (κ1) is 13.1. The number of hydrogen-bond donors (Lipinski definition) is 2. The first-order valence-electron chi connectivity index (χ1n) is 6.53. The highest BCUT2D eigenvalue weighted by Gasteiger charge is 2.11. The largest absolute Gasteiger partial charge is 0.348 e. The molecule has 21 heavy (non-hydrogen) atoms. The van der Waals surface area contributed by atoms with E-state index in [-0.39, 0.29) is 11.5 Å². The number of aromatic nitrogens is 2. The van der Waals surface area contributed by atoms with Crippen molar-refractivity contribution in [3.05, 3.63) is 76.3 Å². The zero-order chi connectivity index (χ0) is 14.7. The second kappa shape index (κ2) is 5.58. The number of pyridine rings is 2. The number of amides is 1. The fourth-order valence-corrected chi connectivity index (χ4v) is 2.17. The summed E-state index contributed by atoms with van der Waals surface area (Å²) in [6.45, 7) is 0.391. The highest BCUT2D eigenvalue weighted by atomic mass is 16.2. The number of rotatable bonds is 3. The van der Waals surface area contributed by atoms with Gasteiger partial charge in [0.2, 0.25) is 5.56 Å². The molecule has 0 radical (unpaired) electrons. The monoisotopic (exact) mass is 279 g/mol. The number of para-hydroxylation sites is 1. The van der Waals surface area contributed by atoms with E-state index >= 15 is 0 Å². The van der Waals surface area contributed by atoms with Crippen molar-refractivity contribution in [2.45, 2.75) is 6.54 Å². The summed E-state index contributed by atoms with van der Waals surface area (Å²) >= 11 is 0. The molecule has 1 aromatic carbocycles. The molecular formula is C16H13N3O2. The number of aromatic amines is 1. The maximum atomic E-state index is 12.3. The van der Waals surface area contributed by atoms with Crippen molar-refractivity contribution < 1.29 is 4.79 Å². The predicted molar refractivity (Wildman–Crippen MR) is 80.0 cm³/mol. The van der Waals surface area contributed by atoms with Gasteiger partial charge in [0.1, 0.15) is 0 Å². The lowest BCUT2D eigenvalue weighted by molar-refractivity contribution is 0.0952. The number of fused-ring (bicyclic) bond motifs is 1. The standard InChI is InChI=1S/C16H13N3O2/c20-15-9-13(12-3-1-2-4-14(12)19-15)16(21)18-10-11-5-7-17-8-6-11/h1-9H,10H2,(H,18,21)(H,19,20). The Morgan fingerprint density at radius 1 is 1.14 bits per heavy atom. The van der Waals surface area contributed by atoms with Gasteiger partial charge < -0.3 is 10.3 Å². The van der Waals surface area contributed by atoms with Gasteiger partial charge in [0.15, 0.2) is 0 Å². The van der Waals surface area contributed by atoms with Crippen LogP contribution in [0.2, 0.25) is 0 Å². The van der Waals surface area contributed by atoms with Crippen LogP contribution in [0.5, 0.6) is 0 Å². The number of benzene rings is 1. The molecule has 5 heteroatoms. The van der Waals surface area contributed by atoms with Gasteiger partial charge in [-0.3, -0.25) is 14.6 Å². The predicted octanol–water partition coefficient (Wildman–Crippen LogP) is 1.85. The Morgan fingerprint density at radius 3 is 2.71 bits per heavy atom. The van der Waals surface area contributed by atoms with E-state index in [2.05, 4.69) is 15.3 Å². The molecule has 2 aromatic heterocycles.